The zero-order valence-electron chi connectivity index (χ0n) is 11.5. The number of benzene rings is 1. The molecule has 0 unspecified atom stereocenters. The molecule has 0 N–H and O–H groups in total. The highest BCUT2D eigenvalue weighted by atomic mass is 35.5. The van der Waals surface area contributed by atoms with Crippen LogP contribution in [0.3, 0.4) is 0 Å². The van der Waals surface area contributed by atoms with Gasteiger partial charge in [-0.05, 0) is 18.1 Å². The summed E-state index contributed by atoms with van der Waals surface area (Å²) >= 11 is 5.69. The summed E-state index contributed by atoms with van der Waals surface area (Å²) in [5.41, 5.74) is -0.409. The molecule has 6 nitrogen and oxygen atoms in total. The molecule has 1 rings (SSSR count). The van der Waals surface area contributed by atoms with E-state index < -0.39 is 20.6 Å². The number of hydrogen-bond acceptors (Lipinski definition) is 4. The van der Waals surface area contributed by atoms with E-state index in [2.05, 4.69) is 0 Å². The van der Waals surface area contributed by atoms with Crippen molar-refractivity contribution in [2.45, 2.75) is 25.7 Å². The summed E-state index contributed by atoms with van der Waals surface area (Å²) in [4.78, 5) is 10.0. The Hall–Kier alpha value is -1.18. The molecule has 0 bridgehead atoms. The molecule has 1 aromatic rings. The highest BCUT2D eigenvalue weighted by Gasteiger charge is 2.26. The fourth-order valence-electron chi connectivity index (χ4n) is 1.75. The lowest BCUT2D eigenvalue weighted by Gasteiger charge is -2.22. The smallest absolute Gasteiger partial charge is 0.258 e. The number of nitrogens with zero attached hydrogens (tertiary/aromatic N) is 2. The summed E-state index contributed by atoms with van der Waals surface area (Å²) in [6.07, 6.45) is 0. The Bertz CT molecular complexity index is 601. The molecule has 0 aliphatic heterocycles. The van der Waals surface area contributed by atoms with Gasteiger partial charge in [0.15, 0.2) is 0 Å². The van der Waals surface area contributed by atoms with E-state index >= 15 is 0 Å². The molecule has 0 spiro atoms. The zero-order chi connectivity index (χ0) is 15.5. The van der Waals surface area contributed by atoms with Crippen LogP contribution in [0.5, 0.6) is 0 Å². The second-order valence-electron chi connectivity index (χ2n) is 4.72. The fourth-order valence-corrected chi connectivity index (χ4v) is 3.57. The molecule has 0 aliphatic carbocycles. The number of hydrogen-bond donors (Lipinski definition) is 0. The van der Waals surface area contributed by atoms with E-state index in [1.165, 1.54) is 16.4 Å². The van der Waals surface area contributed by atoms with Crippen molar-refractivity contribution in [3.05, 3.63) is 33.3 Å². The lowest BCUT2D eigenvalue weighted by molar-refractivity contribution is -0.384. The molecule has 0 aliphatic rings. The van der Waals surface area contributed by atoms with Gasteiger partial charge in [-0.15, -0.1) is 0 Å². The SMILES string of the molecule is CCN(CC(C)C)S(=O)(=O)c1ccc(Cl)c([N+](=O)[O-])c1. The van der Waals surface area contributed by atoms with Gasteiger partial charge in [-0.25, -0.2) is 8.42 Å². The van der Waals surface area contributed by atoms with Gasteiger partial charge in [0.2, 0.25) is 10.0 Å². The van der Waals surface area contributed by atoms with E-state index in [4.69, 9.17) is 11.6 Å². The molecule has 0 heterocycles. The van der Waals surface area contributed by atoms with Crippen molar-refractivity contribution in [1.82, 2.24) is 4.31 Å². The van der Waals surface area contributed by atoms with E-state index in [9.17, 15) is 18.5 Å². The predicted molar refractivity (Wildman–Crippen MR) is 77.4 cm³/mol. The summed E-state index contributed by atoms with van der Waals surface area (Å²) in [6, 6.07) is 3.52. The Morgan fingerprint density at radius 1 is 1.40 bits per heavy atom. The Balaban J connectivity index is 3.27. The van der Waals surface area contributed by atoms with Crippen LogP contribution < -0.4 is 0 Å². The van der Waals surface area contributed by atoms with Crippen LogP contribution in [-0.2, 0) is 10.0 Å². The van der Waals surface area contributed by atoms with Gasteiger partial charge in [-0.1, -0.05) is 32.4 Å². The molecule has 0 saturated carbocycles. The second kappa shape index (κ2) is 6.51. The van der Waals surface area contributed by atoms with Gasteiger partial charge in [-0.2, -0.15) is 4.31 Å². The molecule has 112 valence electrons. The summed E-state index contributed by atoms with van der Waals surface area (Å²) < 4.78 is 26.2. The van der Waals surface area contributed by atoms with E-state index in [1.807, 2.05) is 13.8 Å². The Labute approximate surface area is 123 Å². The van der Waals surface area contributed by atoms with Crippen LogP contribution in [0.25, 0.3) is 0 Å². The Kier molecular flexibility index (Phi) is 5.50. The fraction of sp³-hybridized carbons (Fsp3) is 0.500. The van der Waals surface area contributed by atoms with E-state index in [1.54, 1.807) is 6.92 Å². The zero-order valence-corrected chi connectivity index (χ0v) is 13.1. The normalized spacial score (nSPS) is 12.1. The molecule has 0 atom stereocenters. The van der Waals surface area contributed by atoms with E-state index in [0.717, 1.165) is 6.07 Å². The maximum Gasteiger partial charge on any atom is 0.289 e. The molecule has 0 amide bonds. The number of nitro benzene ring substituents is 1. The van der Waals surface area contributed by atoms with Crippen molar-refractivity contribution >= 4 is 27.3 Å². The lowest BCUT2D eigenvalue weighted by Crippen LogP contribution is -2.34. The standard InChI is InChI=1S/C12H17ClN2O4S/c1-4-14(8-9(2)3)20(18,19)10-5-6-11(13)12(7-10)15(16)17/h5-7,9H,4,8H2,1-3H3. The number of rotatable bonds is 6. The predicted octanol–water partition coefficient (Wildman–Crippen LogP) is 2.91. The minimum atomic E-state index is -3.75. The second-order valence-corrected chi connectivity index (χ2v) is 7.06. The minimum Gasteiger partial charge on any atom is -0.258 e. The largest absolute Gasteiger partial charge is 0.289 e. The van der Waals surface area contributed by atoms with Crippen LogP contribution in [0, 0.1) is 16.0 Å². The van der Waals surface area contributed by atoms with Gasteiger partial charge in [0.05, 0.1) is 9.82 Å². The van der Waals surface area contributed by atoms with Crippen LogP contribution in [0.4, 0.5) is 5.69 Å². The molecular formula is C12H17ClN2O4S. The molecule has 8 heteroatoms. The van der Waals surface area contributed by atoms with Crippen molar-refractivity contribution < 1.29 is 13.3 Å². The highest BCUT2D eigenvalue weighted by molar-refractivity contribution is 7.89. The van der Waals surface area contributed by atoms with E-state index in [-0.39, 0.29) is 15.8 Å². The summed E-state index contributed by atoms with van der Waals surface area (Å²) in [5.74, 6) is 0.159. The Morgan fingerprint density at radius 3 is 2.45 bits per heavy atom. The van der Waals surface area contributed by atoms with Crippen molar-refractivity contribution in [2.75, 3.05) is 13.1 Å². The van der Waals surface area contributed by atoms with Gasteiger partial charge in [-0.3, -0.25) is 10.1 Å². The van der Waals surface area contributed by atoms with Crippen LogP contribution in [0.15, 0.2) is 23.1 Å². The van der Waals surface area contributed by atoms with Crippen molar-refractivity contribution in [3.8, 4) is 0 Å². The average Bonchev–Trinajstić information content (AvgIpc) is 2.35. The summed E-state index contributed by atoms with van der Waals surface area (Å²) in [5, 5.41) is 10.7. The third kappa shape index (κ3) is 3.68. The van der Waals surface area contributed by atoms with Crippen LogP contribution >= 0.6 is 11.6 Å². The minimum absolute atomic E-state index is 0.0825. The third-order valence-electron chi connectivity index (χ3n) is 2.67. The Morgan fingerprint density at radius 2 is 2.00 bits per heavy atom. The van der Waals surface area contributed by atoms with Crippen LogP contribution in [0.2, 0.25) is 5.02 Å². The van der Waals surface area contributed by atoms with Gasteiger partial charge >= 0.3 is 0 Å². The third-order valence-corrected chi connectivity index (χ3v) is 4.93. The van der Waals surface area contributed by atoms with Gasteiger partial charge in [0.25, 0.3) is 5.69 Å². The van der Waals surface area contributed by atoms with Gasteiger partial charge in [0, 0.05) is 19.2 Å². The van der Waals surface area contributed by atoms with Crippen molar-refractivity contribution in [3.63, 3.8) is 0 Å². The van der Waals surface area contributed by atoms with E-state index in [0.29, 0.717) is 13.1 Å². The average molecular weight is 321 g/mol. The van der Waals surface area contributed by atoms with Crippen LogP contribution in [-0.4, -0.2) is 30.7 Å². The van der Waals surface area contributed by atoms with Gasteiger partial charge in [0.1, 0.15) is 5.02 Å². The number of sulfonamides is 1. The van der Waals surface area contributed by atoms with Crippen LogP contribution in [0.1, 0.15) is 20.8 Å². The molecule has 1 aromatic carbocycles. The molecule has 0 saturated heterocycles. The molecule has 0 aromatic heterocycles. The summed E-state index contributed by atoms with van der Waals surface area (Å²) in [7, 11) is -3.75. The van der Waals surface area contributed by atoms with Crippen molar-refractivity contribution in [2.24, 2.45) is 5.92 Å². The molecular weight excluding hydrogens is 304 g/mol. The number of nitro groups is 1. The topological polar surface area (TPSA) is 80.5 Å². The van der Waals surface area contributed by atoms with Crippen molar-refractivity contribution in [1.29, 1.82) is 0 Å². The first-order chi connectivity index (χ1) is 9.20. The monoisotopic (exact) mass is 320 g/mol. The first kappa shape index (κ1) is 16.9. The summed E-state index contributed by atoms with van der Waals surface area (Å²) in [6.45, 7) is 6.20. The van der Waals surface area contributed by atoms with Gasteiger partial charge < -0.3 is 0 Å². The molecule has 0 radical (unpaired) electrons. The first-order valence-corrected chi connectivity index (χ1v) is 7.96. The maximum atomic E-state index is 12.4. The lowest BCUT2D eigenvalue weighted by atomic mass is 10.2. The quantitative estimate of drug-likeness (QED) is 0.596. The number of halogens is 1. The first-order valence-electron chi connectivity index (χ1n) is 6.14. The maximum absolute atomic E-state index is 12.4. The highest BCUT2D eigenvalue weighted by Crippen LogP contribution is 2.28. The molecule has 20 heavy (non-hydrogen) atoms. The molecule has 0 fully saturated rings.